The Labute approximate surface area is 123 Å². The van der Waals surface area contributed by atoms with E-state index in [2.05, 4.69) is 30.4 Å². The number of hydrazine groups is 1. The smallest absolute Gasteiger partial charge is 0.0624 e. The van der Waals surface area contributed by atoms with Crippen molar-refractivity contribution in [2.75, 3.05) is 0 Å². The van der Waals surface area contributed by atoms with E-state index in [1.54, 1.807) is 0 Å². The normalized spacial score (nSPS) is 24.8. The van der Waals surface area contributed by atoms with E-state index in [1.165, 1.54) is 43.5 Å². The highest BCUT2D eigenvalue weighted by molar-refractivity contribution is 5.12. The molecule has 0 aliphatic heterocycles. The topological polar surface area (TPSA) is 55.9 Å². The molecule has 2 rings (SSSR count). The highest BCUT2D eigenvalue weighted by Gasteiger charge is 2.27. The maximum absolute atomic E-state index is 5.83. The van der Waals surface area contributed by atoms with Crippen LogP contribution < -0.4 is 11.3 Å². The van der Waals surface area contributed by atoms with Crippen molar-refractivity contribution < 1.29 is 0 Å². The Hall–Kier alpha value is -0.870. The summed E-state index contributed by atoms with van der Waals surface area (Å²) in [6.07, 6.45) is 8.67. The minimum Gasteiger partial charge on any atom is -0.272 e. The number of aromatic nitrogens is 2. The van der Waals surface area contributed by atoms with E-state index in [-0.39, 0.29) is 0 Å². The average Bonchev–Trinajstić information content (AvgIpc) is 2.85. The summed E-state index contributed by atoms with van der Waals surface area (Å²) in [5.74, 6) is 7.48. The monoisotopic (exact) mass is 278 g/mol. The second-order valence-corrected chi connectivity index (χ2v) is 6.27. The van der Waals surface area contributed by atoms with Crippen LogP contribution in [0.3, 0.4) is 0 Å². The standard InChI is InChI=1S/C16H30N4/c1-4-12-6-8-13(9-7-12)16(18-17)11-15-10-14(5-2)19-20(15)3/h10,12-13,16,18H,4-9,11,17H2,1-3H3. The van der Waals surface area contributed by atoms with Gasteiger partial charge in [0, 0.05) is 25.2 Å². The summed E-state index contributed by atoms with van der Waals surface area (Å²) in [6, 6.07) is 2.61. The van der Waals surface area contributed by atoms with Crippen LogP contribution in [0.5, 0.6) is 0 Å². The first-order valence-corrected chi connectivity index (χ1v) is 8.15. The van der Waals surface area contributed by atoms with E-state index in [0.29, 0.717) is 12.0 Å². The first kappa shape index (κ1) is 15.5. The molecule has 1 unspecified atom stereocenters. The summed E-state index contributed by atoms with van der Waals surface area (Å²) in [5, 5.41) is 4.54. The molecule has 0 aromatic carbocycles. The summed E-state index contributed by atoms with van der Waals surface area (Å²) in [5.41, 5.74) is 5.53. The van der Waals surface area contributed by atoms with Crippen LogP contribution in [0.2, 0.25) is 0 Å². The second kappa shape index (κ2) is 7.23. The number of rotatable bonds is 6. The predicted molar refractivity (Wildman–Crippen MR) is 83.1 cm³/mol. The van der Waals surface area contributed by atoms with Crippen molar-refractivity contribution in [1.29, 1.82) is 0 Å². The molecule has 1 aromatic rings. The zero-order valence-electron chi connectivity index (χ0n) is 13.2. The van der Waals surface area contributed by atoms with Gasteiger partial charge in [-0.2, -0.15) is 5.10 Å². The van der Waals surface area contributed by atoms with E-state index in [1.807, 2.05) is 11.7 Å². The Kier molecular flexibility index (Phi) is 5.61. The molecule has 114 valence electrons. The molecular formula is C16H30N4. The molecule has 1 atom stereocenters. The summed E-state index contributed by atoms with van der Waals surface area (Å²) < 4.78 is 2.01. The van der Waals surface area contributed by atoms with Crippen molar-refractivity contribution in [1.82, 2.24) is 15.2 Å². The molecule has 1 saturated carbocycles. The molecule has 0 amide bonds. The van der Waals surface area contributed by atoms with Crippen LogP contribution in [0.15, 0.2) is 6.07 Å². The Bertz CT molecular complexity index is 405. The summed E-state index contributed by atoms with van der Waals surface area (Å²) >= 11 is 0. The van der Waals surface area contributed by atoms with Gasteiger partial charge in [0.1, 0.15) is 0 Å². The summed E-state index contributed by atoms with van der Waals surface area (Å²) in [4.78, 5) is 0. The molecule has 1 aromatic heterocycles. The number of nitrogens with one attached hydrogen (secondary N) is 1. The summed E-state index contributed by atoms with van der Waals surface area (Å²) in [7, 11) is 2.04. The van der Waals surface area contributed by atoms with Crippen LogP contribution in [0.4, 0.5) is 0 Å². The Morgan fingerprint density at radius 1 is 1.35 bits per heavy atom. The fraction of sp³-hybridized carbons (Fsp3) is 0.812. The molecule has 1 heterocycles. The molecular weight excluding hydrogens is 248 g/mol. The van der Waals surface area contributed by atoms with Gasteiger partial charge in [-0.1, -0.05) is 33.1 Å². The van der Waals surface area contributed by atoms with Crippen molar-refractivity contribution in [3.05, 3.63) is 17.5 Å². The molecule has 0 saturated heterocycles. The fourth-order valence-corrected chi connectivity index (χ4v) is 3.52. The van der Waals surface area contributed by atoms with Gasteiger partial charge in [-0.3, -0.25) is 16.0 Å². The SMILES string of the molecule is CCc1cc(CC(NN)C2CCC(CC)CC2)n(C)n1. The molecule has 1 fully saturated rings. The lowest BCUT2D eigenvalue weighted by Crippen LogP contribution is -2.44. The predicted octanol–water partition coefficient (Wildman–Crippen LogP) is 2.57. The van der Waals surface area contributed by atoms with Gasteiger partial charge in [0.05, 0.1) is 5.69 Å². The Morgan fingerprint density at radius 2 is 2.05 bits per heavy atom. The first-order valence-electron chi connectivity index (χ1n) is 8.15. The minimum absolute atomic E-state index is 0.382. The third kappa shape index (κ3) is 3.61. The number of aryl methyl sites for hydroxylation is 2. The number of hydrogen-bond donors (Lipinski definition) is 2. The van der Waals surface area contributed by atoms with Gasteiger partial charge < -0.3 is 0 Å². The zero-order chi connectivity index (χ0) is 14.5. The lowest BCUT2D eigenvalue weighted by molar-refractivity contribution is 0.216. The van der Waals surface area contributed by atoms with Crippen LogP contribution in [0.1, 0.15) is 57.3 Å². The fourth-order valence-electron chi connectivity index (χ4n) is 3.52. The number of nitrogens with zero attached hydrogens (tertiary/aromatic N) is 2. The van der Waals surface area contributed by atoms with Crippen molar-refractivity contribution in [2.24, 2.45) is 24.7 Å². The van der Waals surface area contributed by atoms with Crippen molar-refractivity contribution in [2.45, 2.75) is 64.8 Å². The molecule has 0 radical (unpaired) electrons. The quantitative estimate of drug-likeness (QED) is 0.621. The van der Waals surface area contributed by atoms with Crippen LogP contribution in [-0.4, -0.2) is 15.8 Å². The Morgan fingerprint density at radius 3 is 2.55 bits per heavy atom. The molecule has 3 N–H and O–H groups in total. The molecule has 20 heavy (non-hydrogen) atoms. The van der Waals surface area contributed by atoms with Gasteiger partial charge in [0.25, 0.3) is 0 Å². The van der Waals surface area contributed by atoms with E-state index >= 15 is 0 Å². The third-order valence-electron chi connectivity index (χ3n) is 5.07. The molecule has 0 spiro atoms. The van der Waals surface area contributed by atoms with Gasteiger partial charge in [-0.25, -0.2) is 0 Å². The van der Waals surface area contributed by atoms with Gasteiger partial charge in [-0.05, 0) is 37.2 Å². The third-order valence-corrected chi connectivity index (χ3v) is 5.07. The maximum Gasteiger partial charge on any atom is 0.0624 e. The van der Waals surface area contributed by atoms with E-state index in [4.69, 9.17) is 5.84 Å². The maximum atomic E-state index is 5.83. The van der Waals surface area contributed by atoms with Crippen LogP contribution in [0.25, 0.3) is 0 Å². The largest absolute Gasteiger partial charge is 0.272 e. The highest BCUT2D eigenvalue weighted by atomic mass is 15.3. The Balaban J connectivity index is 1.96. The van der Waals surface area contributed by atoms with Gasteiger partial charge >= 0.3 is 0 Å². The van der Waals surface area contributed by atoms with Gasteiger partial charge in [-0.15, -0.1) is 0 Å². The average molecular weight is 278 g/mol. The lowest BCUT2D eigenvalue weighted by Gasteiger charge is -2.33. The zero-order valence-corrected chi connectivity index (χ0v) is 13.2. The molecule has 4 heteroatoms. The van der Waals surface area contributed by atoms with E-state index in [0.717, 1.165) is 18.8 Å². The molecule has 0 bridgehead atoms. The highest BCUT2D eigenvalue weighted by Crippen LogP contribution is 2.33. The molecule has 4 nitrogen and oxygen atoms in total. The van der Waals surface area contributed by atoms with E-state index in [9.17, 15) is 0 Å². The van der Waals surface area contributed by atoms with Gasteiger partial charge in [0.2, 0.25) is 0 Å². The number of nitrogens with two attached hydrogens (primary N) is 1. The second-order valence-electron chi connectivity index (χ2n) is 6.27. The minimum atomic E-state index is 0.382. The van der Waals surface area contributed by atoms with Crippen molar-refractivity contribution in [3.8, 4) is 0 Å². The lowest BCUT2D eigenvalue weighted by atomic mass is 9.77. The van der Waals surface area contributed by atoms with Gasteiger partial charge in [0.15, 0.2) is 0 Å². The number of hydrogen-bond acceptors (Lipinski definition) is 3. The van der Waals surface area contributed by atoms with Crippen molar-refractivity contribution in [3.63, 3.8) is 0 Å². The molecule has 1 aliphatic carbocycles. The first-order chi connectivity index (χ1) is 9.67. The van der Waals surface area contributed by atoms with Crippen LogP contribution in [0, 0.1) is 11.8 Å². The summed E-state index contributed by atoms with van der Waals surface area (Å²) in [6.45, 7) is 4.46. The van der Waals surface area contributed by atoms with Crippen molar-refractivity contribution >= 4 is 0 Å². The van der Waals surface area contributed by atoms with Crippen LogP contribution >= 0.6 is 0 Å². The molecule has 1 aliphatic rings. The van der Waals surface area contributed by atoms with E-state index < -0.39 is 0 Å². The van der Waals surface area contributed by atoms with Crippen LogP contribution in [-0.2, 0) is 19.9 Å².